The predicted octanol–water partition coefficient (Wildman–Crippen LogP) is 6.22. The summed E-state index contributed by atoms with van der Waals surface area (Å²) in [6.45, 7) is 5.63. The topological polar surface area (TPSA) is 86.8 Å². The Morgan fingerprint density at radius 3 is 2.23 bits per heavy atom. The van der Waals surface area contributed by atoms with Crippen molar-refractivity contribution < 1.29 is 18.0 Å². The van der Waals surface area contributed by atoms with E-state index in [1.165, 1.54) is 17.0 Å². The molecular weight excluding hydrogens is 569 g/mol. The predicted molar refractivity (Wildman–Crippen MR) is 161 cm³/mol. The minimum atomic E-state index is -4.16. The minimum absolute atomic E-state index is 0.0378. The number of unbranched alkanes of at least 4 members (excludes halogenated alkanes) is 1. The Hall–Kier alpha value is -3.07. The largest absolute Gasteiger partial charge is 0.354 e. The van der Waals surface area contributed by atoms with Crippen molar-refractivity contribution in [1.82, 2.24) is 10.2 Å². The second-order valence-corrected chi connectivity index (χ2v) is 12.1. The van der Waals surface area contributed by atoms with E-state index in [1.807, 2.05) is 13.8 Å². The van der Waals surface area contributed by atoms with Crippen molar-refractivity contribution in [3.05, 3.63) is 94.0 Å². The average molecular weight is 605 g/mol. The van der Waals surface area contributed by atoms with Crippen molar-refractivity contribution in [2.24, 2.45) is 0 Å². The van der Waals surface area contributed by atoms with Crippen molar-refractivity contribution in [3.63, 3.8) is 0 Å². The molecule has 0 radical (unpaired) electrons. The van der Waals surface area contributed by atoms with Crippen LogP contribution in [0.4, 0.5) is 5.69 Å². The van der Waals surface area contributed by atoms with Crippen LogP contribution < -0.4 is 9.62 Å². The summed E-state index contributed by atoms with van der Waals surface area (Å²) in [4.78, 5) is 28.8. The molecule has 0 aliphatic heterocycles. The number of hydrogen-bond acceptors (Lipinski definition) is 4. The molecule has 3 aromatic rings. The molecule has 7 nitrogen and oxygen atoms in total. The molecule has 1 N–H and O–H groups in total. The normalized spacial score (nSPS) is 12.0. The van der Waals surface area contributed by atoms with Gasteiger partial charge in [0.05, 0.1) is 10.6 Å². The number of nitrogens with zero attached hydrogens (tertiary/aromatic N) is 2. The zero-order valence-corrected chi connectivity index (χ0v) is 25.3. The van der Waals surface area contributed by atoms with E-state index in [1.54, 1.807) is 67.6 Å². The lowest BCUT2D eigenvalue weighted by molar-refractivity contribution is -0.140. The van der Waals surface area contributed by atoms with Gasteiger partial charge >= 0.3 is 0 Å². The van der Waals surface area contributed by atoms with Gasteiger partial charge in [-0.25, -0.2) is 8.42 Å². The number of hydrogen-bond donors (Lipinski definition) is 1. The van der Waals surface area contributed by atoms with E-state index < -0.39 is 28.5 Å². The third-order valence-corrected chi connectivity index (χ3v) is 9.03. The van der Waals surface area contributed by atoms with Crippen LogP contribution in [-0.2, 0) is 26.2 Å². The van der Waals surface area contributed by atoms with E-state index >= 15 is 0 Å². The summed E-state index contributed by atoms with van der Waals surface area (Å²) in [6.07, 6.45) is 2.07. The maximum Gasteiger partial charge on any atom is 0.264 e. The third-order valence-electron chi connectivity index (χ3n) is 6.60. The first-order valence-electron chi connectivity index (χ1n) is 13.2. The molecule has 2 amide bonds. The van der Waals surface area contributed by atoms with E-state index in [0.717, 1.165) is 22.7 Å². The molecule has 10 heteroatoms. The highest BCUT2D eigenvalue weighted by atomic mass is 35.5. The maximum absolute atomic E-state index is 14.1. The molecule has 0 fully saturated rings. The number of benzene rings is 3. The van der Waals surface area contributed by atoms with Crippen LogP contribution in [0.1, 0.15) is 44.2 Å². The molecule has 1 atom stereocenters. The first kappa shape index (κ1) is 31.5. The van der Waals surface area contributed by atoms with E-state index in [0.29, 0.717) is 28.6 Å². The van der Waals surface area contributed by atoms with E-state index in [2.05, 4.69) is 5.32 Å². The van der Waals surface area contributed by atoms with Crippen LogP contribution in [0.3, 0.4) is 0 Å². The lowest BCUT2D eigenvalue weighted by Crippen LogP contribution is -2.52. The lowest BCUT2D eigenvalue weighted by Gasteiger charge is -2.33. The molecule has 40 heavy (non-hydrogen) atoms. The Morgan fingerprint density at radius 2 is 1.60 bits per heavy atom. The quantitative estimate of drug-likeness (QED) is 0.235. The Bertz CT molecular complexity index is 1400. The van der Waals surface area contributed by atoms with Crippen molar-refractivity contribution in [2.75, 3.05) is 17.4 Å². The standard InChI is InChI=1S/C30H35Cl2N3O4S/c1-4-6-19-33-30(37)27(5-2)34(20-23-15-17-24(31)18-16-23)29(36)21-35(28-14-10-13-26(32)22(28)3)40(38,39)25-11-8-7-9-12-25/h7-18,27H,4-6,19-21H2,1-3H3,(H,33,37). The van der Waals surface area contributed by atoms with Crippen LogP contribution in [0.2, 0.25) is 10.0 Å². The van der Waals surface area contributed by atoms with E-state index in [9.17, 15) is 18.0 Å². The number of carbonyl (C=O) groups excluding carboxylic acids is 2. The zero-order chi connectivity index (χ0) is 29.3. The Labute approximate surface area is 247 Å². The molecule has 3 aromatic carbocycles. The second kappa shape index (κ2) is 14.5. The zero-order valence-electron chi connectivity index (χ0n) is 22.9. The van der Waals surface area contributed by atoms with Crippen LogP contribution in [0.25, 0.3) is 0 Å². The summed E-state index contributed by atoms with van der Waals surface area (Å²) < 4.78 is 28.9. The number of sulfonamides is 1. The highest BCUT2D eigenvalue weighted by Gasteiger charge is 2.34. The van der Waals surface area contributed by atoms with Crippen LogP contribution in [0.15, 0.2) is 77.7 Å². The highest BCUT2D eigenvalue weighted by Crippen LogP contribution is 2.31. The molecule has 214 valence electrons. The molecule has 0 aliphatic rings. The molecule has 0 saturated heterocycles. The summed E-state index contributed by atoms with van der Waals surface area (Å²) in [5, 5.41) is 3.84. The second-order valence-electron chi connectivity index (χ2n) is 9.43. The Morgan fingerprint density at radius 1 is 0.925 bits per heavy atom. The monoisotopic (exact) mass is 603 g/mol. The number of amides is 2. The minimum Gasteiger partial charge on any atom is -0.354 e. The number of rotatable bonds is 13. The molecular formula is C30H35Cl2N3O4S. The van der Waals surface area contributed by atoms with Crippen LogP contribution >= 0.6 is 23.2 Å². The van der Waals surface area contributed by atoms with Gasteiger partial charge < -0.3 is 10.2 Å². The van der Waals surface area contributed by atoms with Crippen LogP contribution in [-0.4, -0.2) is 44.3 Å². The van der Waals surface area contributed by atoms with Gasteiger partial charge in [-0.2, -0.15) is 0 Å². The van der Waals surface area contributed by atoms with Gasteiger partial charge in [0.15, 0.2) is 0 Å². The Balaban J connectivity index is 2.06. The van der Waals surface area contributed by atoms with Crippen molar-refractivity contribution in [2.45, 2.75) is 57.5 Å². The van der Waals surface area contributed by atoms with Gasteiger partial charge in [0, 0.05) is 23.1 Å². The molecule has 0 bridgehead atoms. The Kier molecular flexibility index (Phi) is 11.4. The van der Waals surface area contributed by atoms with Crippen LogP contribution in [0, 0.1) is 6.92 Å². The number of nitrogens with one attached hydrogen (secondary N) is 1. The number of halogens is 2. The van der Waals surface area contributed by atoms with E-state index in [4.69, 9.17) is 23.2 Å². The van der Waals surface area contributed by atoms with Gasteiger partial charge in [-0.1, -0.05) is 79.9 Å². The smallest absolute Gasteiger partial charge is 0.264 e. The molecule has 0 saturated carbocycles. The third kappa shape index (κ3) is 7.77. The van der Waals surface area contributed by atoms with Gasteiger partial charge in [-0.05, 0) is 67.3 Å². The fraction of sp³-hybridized carbons (Fsp3) is 0.333. The summed E-state index contributed by atoms with van der Waals surface area (Å²) in [7, 11) is -4.16. The molecule has 0 aromatic heterocycles. The van der Waals surface area contributed by atoms with Crippen molar-refractivity contribution >= 4 is 50.7 Å². The fourth-order valence-electron chi connectivity index (χ4n) is 4.31. The SMILES string of the molecule is CCCCNC(=O)C(CC)N(Cc1ccc(Cl)cc1)C(=O)CN(c1cccc(Cl)c1C)S(=O)(=O)c1ccccc1. The maximum atomic E-state index is 14.1. The number of carbonyl (C=O) groups is 2. The summed E-state index contributed by atoms with van der Waals surface area (Å²) >= 11 is 12.4. The fourth-order valence-corrected chi connectivity index (χ4v) is 6.10. The summed E-state index contributed by atoms with van der Waals surface area (Å²) in [5.41, 5.74) is 1.57. The molecule has 1 unspecified atom stereocenters. The van der Waals surface area contributed by atoms with Gasteiger partial charge in [0.2, 0.25) is 11.8 Å². The van der Waals surface area contributed by atoms with Crippen molar-refractivity contribution in [3.8, 4) is 0 Å². The summed E-state index contributed by atoms with van der Waals surface area (Å²) in [5.74, 6) is -0.805. The molecule has 0 spiro atoms. The first-order valence-corrected chi connectivity index (χ1v) is 15.4. The van der Waals surface area contributed by atoms with E-state index in [-0.39, 0.29) is 23.0 Å². The van der Waals surface area contributed by atoms with Gasteiger partial charge in [-0.15, -0.1) is 0 Å². The lowest BCUT2D eigenvalue weighted by atomic mass is 10.1. The molecule has 0 heterocycles. The number of anilines is 1. The highest BCUT2D eigenvalue weighted by molar-refractivity contribution is 7.92. The summed E-state index contributed by atoms with van der Waals surface area (Å²) in [6, 6.07) is 19.0. The van der Waals surface area contributed by atoms with Gasteiger partial charge in [0.25, 0.3) is 10.0 Å². The van der Waals surface area contributed by atoms with Crippen LogP contribution in [0.5, 0.6) is 0 Å². The van der Waals surface area contributed by atoms with Crippen molar-refractivity contribution in [1.29, 1.82) is 0 Å². The molecule has 0 aliphatic carbocycles. The average Bonchev–Trinajstić information content (AvgIpc) is 2.95. The molecule has 3 rings (SSSR count). The first-order chi connectivity index (χ1) is 19.1. The van der Waals surface area contributed by atoms with Gasteiger partial charge in [-0.3, -0.25) is 13.9 Å². The van der Waals surface area contributed by atoms with Gasteiger partial charge in [0.1, 0.15) is 12.6 Å².